The van der Waals surface area contributed by atoms with Crippen molar-refractivity contribution in [3.63, 3.8) is 0 Å². The summed E-state index contributed by atoms with van der Waals surface area (Å²) in [6.07, 6.45) is 4.36. The number of rotatable bonds is 9. The topological polar surface area (TPSA) is 38.8 Å². The minimum Gasteiger partial charge on any atom is -0.490 e. The van der Waals surface area contributed by atoms with Crippen molar-refractivity contribution in [2.45, 2.75) is 40.0 Å². The third kappa shape index (κ3) is 5.82. The predicted molar refractivity (Wildman–Crippen MR) is 97.1 cm³/mol. The average molecular weight is 333 g/mol. The Morgan fingerprint density at radius 2 is 1.88 bits per heavy atom. The number of hydrogen-bond donors (Lipinski definition) is 0. The summed E-state index contributed by atoms with van der Waals surface area (Å²) in [7, 11) is 0. The zero-order valence-electron chi connectivity index (χ0n) is 15.3. The van der Waals surface area contributed by atoms with Crippen molar-refractivity contribution in [2.24, 2.45) is 11.8 Å². The molecule has 2 rings (SSSR count). The lowest BCUT2D eigenvalue weighted by atomic mass is 9.92. The van der Waals surface area contributed by atoms with E-state index in [4.69, 9.17) is 9.47 Å². The molecule has 1 aliphatic heterocycles. The summed E-state index contributed by atoms with van der Waals surface area (Å²) in [5, 5.41) is 0. The third-order valence-electron chi connectivity index (χ3n) is 4.47. The zero-order valence-corrected chi connectivity index (χ0v) is 15.3. The van der Waals surface area contributed by atoms with Crippen molar-refractivity contribution < 1.29 is 14.3 Å². The molecule has 0 aliphatic carbocycles. The van der Waals surface area contributed by atoms with E-state index in [1.165, 1.54) is 19.5 Å². The maximum atomic E-state index is 10.9. The highest BCUT2D eigenvalue weighted by Crippen LogP contribution is 2.28. The summed E-state index contributed by atoms with van der Waals surface area (Å²) < 4.78 is 11.4. The third-order valence-corrected chi connectivity index (χ3v) is 4.47. The van der Waals surface area contributed by atoms with Crippen LogP contribution >= 0.6 is 0 Å². The SMILES string of the molecule is CCOc1cc(C=O)ccc1OCCCCN1CC(C)CC(C)C1. The normalized spacial score (nSPS) is 21.5. The van der Waals surface area contributed by atoms with Crippen LogP contribution in [0.1, 0.15) is 50.4 Å². The van der Waals surface area contributed by atoms with E-state index in [9.17, 15) is 4.79 Å². The summed E-state index contributed by atoms with van der Waals surface area (Å²) in [6.45, 7) is 11.5. The van der Waals surface area contributed by atoms with Gasteiger partial charge in [-0.25, -0.2) is 0 Å². The van der Waals surface area contributed by atoms with Crippen LogP contribution in [0.25, 0.3) is 0 Å². The van der Waals surface area contributed by atoms with E-state index >= 15 is 0 Å². The summed E-state index contributed by atoms with van der Waals surface area (Å²) in [4.78, 5) is 13.5. The first kappa shape index (κ1) is 18.8. The summed E-state index contributed by atoms with van der Waals surface area (Å²) >= 11 is 0. The van der Waals surface area contributed by atoms with Crippen LogP contribution in [0.3, 0.4) is 0 Å². The van der Waals surface area contributed by atoms with Gasteiger partial charge in [0.1, 0.15) is 6.29 Å². The number of carbonyl (C=O) groups excluding carboxylic acids is 1. The van der Waals surface area contributed by atoms with E-state index in [0.29, 0.717) is 24.5 Å². The largest absolute Gasteiger partial charge is 0.490 e. The van der Waals surface area contributed by atoms with Crippen molar-refractivity contribution in [3.05, 3.63) is 23.8 Å². The van der Waals surface area contributed by atoms with Gasteiger partial charge in [0.2, 0.25) is 0 Å². The van der Waals surface area contributed by atoms with Gasteiger partial charge < -0.3 is 14.4 Å². The number of nitrogens with zero attached hydrogens (tertiary/aromatic N) is 1. The lowest BCUT2D eigenvalue weighted by molar-refractivity contribution is 0.112. The Morgan fingerprint density at radius 3 is 2.54 bits per heavy atom. The molecule has 24 heavy (non-hydrogen) atoms. The van der Waals surface area contributed by atoms with Crippen molar-refractivity contribution >= 4 is 6.29 Å². The first-order valence-corrected chi connectivity index (χ1v) is 9.19. The molecule has 1 fully saturated rings. The zero-order chi connectivity index (χ0) is 17.4. The van der Waals surface area contributed by atoms with Crippen LogP contribution < -0.4 is 9.47 Å². The minimum atomic E-state index is 0.560. The molecule has 0 saturated carbocycles. The van der Waals surface area contributed by atoms with E-state index in [1.54, 1.807) is 12.1 Å². The number of ether oxygens (including phenoxy) is 2. The first-order valence-electron chi connectivity index (χ1n) is 9.19. The number of unbranched alkanes of at least 4 members (excludes halogenated alkanes) is 1. The summed E-state index contributed by atoms with van der Waals surface area (Å²) in [6, 6.07) is 5.33. The molecule has 1 aliphatic rings. The van der Waals surface area contributed by atoms with E-state index < -0.39 is 0 Å². The van der Waals surface area contributed by atoms with Gasteiger partial charge in [-0.15, -0.1) is 0 Å². The Labute approximate surface area is 146 Å². The number of carbonyl (C=O) groups is 1. The van der Waals surface area contributed by atoms with Crippen molar-refractivity contribution in [3.8, 4) is 11.5 Å². The maximum absolute atomic E-state index is 10.9. The van der Waals surface area contributed by atoms with Gasteiger partial charge in [-0.2, -0.15) is 0 Å². The van der Waals surface area contributed by atoms with Crippen LogP contribution in [-0.4, -0.2) is 44.0 Å². The molecule has 1 heterocycles. The minimum absolute atomic E-state index is 0.560. The molecule has 0 N–H and O–H groups in total. The van der Waals surface area contributed by atoms with Crippen LogP contribution in [0.15, 0.2) is 18.2 Å². The Bertz CT molecular complexity index is 508. The van der Waals surface area contributed by atoms with E-state index in [1.807, 2.05) is 13.0 Å². The van der Waals surface area contributed by atoms with Crippen LogP contribution in [0.5, 0.6) is 11.5 Å². The van der Waals surface area contributed by atoms with E-state index in [-0.39, 0.29) is 0 Å². The molecule has 134 valence electrons. The van der Waals surface area contributed by atoms with Crippen LogP contribution in [0.4, 0.5) is 0 Å². The molecule has 0 amide bonds. The first-order chi connectivity index (χ1) is 11.6. The van der Waals surface area contributed by atoms with Crippen LogP contribution in [-0.2, 0) is 0 Å². The number of hydrogen-bond acceptors (Lipinski definition) is 4. The molecule has 2 unspecified atom stereocenters. The van der Waals surface area contributed by atoms with Crippen molar-refractivity contribution in [1.82, 2.24) is 4.90 Å². The Hall–Kier alpha value is -1.55. The molecule has 0 radical (unpaired) electrons. The second-order valence-electron chi connectivity index (χ2n) is 7.02. The Kier molecular flexibility index (Phi) is 7.57. The highest BCUT2D eigenvalue weighted by molar-refractivity contribution is 5.76. The lowest BCUT2D eigenvalue weighted by Crippen LogP contribution is -2.39. The van der Waals surface area contributed by atoms with Gasteiger partial charge in [-0.05, 0) is 62.8 Å². The number of piperidine rings is 1. The van der Waals surface area contributed by atoms with Gasteiger partial charge in [0.05, 0.1) is 13.2 Å². The Morgan fingerprint density at radius 1 is 1.12 bits per heavy atom. The highest BCUT2D eigenvalue weighted by Gasteiger charge is 2.20. The van der Waals surface area contributed by atoms with Crippen LogP contribution in [0, 0.1) is 11.8 Å². The van der Waals surface area contributed by atoms with E-state index in [2.05, 4.69) is 18.7 Å². The lowest BCUT2D eigenvalue weighted by Gasteiger charge is -2.34. The molecule has 1 aromatic carbocycles. The fourth-order valence-electron chi connectivity index (χ4n) is 3.58. The van der Waals surface area contributed by atoms with Gasteiger partial charge in [0.25, 0.3) is 0 Å². The average Bonchev–Trinajstić information content (AvgIpc) is 2.55. The number of benzene rings is 1. The van der Waals surface area contributed by atoms with E-state index in [0.717, 1.165) is 43.3 Å². The molecular weight excluding hydrogens is 302 g/mol. The van der Waals surface area contributed by atoms with Gasteiger partial charge in [-0.3, -0.25) is 4.79 Å². The monoisotopic (exact) mass is 333 g/mol. The van der Waals surface area contributed by atoms with Gasteiger partial charge in [0, 0.05) is 18.7 Å². The molecule has 1 aromatic rings. The molecule has 4 nitrogen and oxygen atoms in total. The van der Waals surface area contributed by atoms with Crippen molar-refractivity contribution in [1.29, 1.82) is 0 Å². The standard InChI is InChI=1S/C20H31NO3/c1-4-23-20-12-18(15-22)7-8-19(20)24-10-6-5-9-21-13-16(2)11-17(3)14-21/h7-8,12,15-17H,4-6,9-11,13-14H2,1-3H3. The van der Waals surface area contributed by atoms with Crippen LogP contribution in [0.2, 0.25) is 0 Å². The molecular formula is C20H31NO3. The fourth-order valence-corrected chi connectivity index (χ4v) is 3.58. The Balaban J connectivity index is 1.73. The summed E-state index contributed by atoms with van der Waals surface area (Å²) in [5.74, 6) is 3.01. The fraction of sp³-hybridized carbons (Fsp3) is 0.650. The van der Waals surface area contributed by atoms with Gasteiger partial charge >= 0.3 is 0 Å². The number of aldehydes is 1. The molecule has 0 bridgehead atoms. The predicted octanol–water partition coefficient (Wildman–Crippen LogP) is 4.03. The summed E-state index contributed by atoms with van der Waals surface area (Å²) in [5.41, 5.74) is 0.610. The maximum Gasteiger partial charge on any atom is 0.161 e. The number of likely N-dealkylation sites (tertiary alicyclic amines) is 1. The molecule has 1 saturated heterocycles. The second-order valence-corrected chi connectivity index (χ2v) is 7.02. The van der Waals surface area contributed by atoms with Crippen molar-refractivity contribution in [2.75, 3.05) is 32.8 Å². The molecule has 0 aromatic heterocycles. The molecule has 4 heteroatoms. The quantitative estimate of drug-likeness (QED) is 0.505. The highest BCUT2D eigenvalue weighted by atomic mass is 16.5. The van der Waals surface area contributed by atoms with Gasteiger partial charge in [0.15, 0.2) is 11.5 Å². The van der Waals surface area contributed by atoms with Gasteiger partial charge in [-0.1, -0.05) is 13.8 Å². The molecule has 0 spiro atoms. The smallest absolute Gasteiger partial charge is 0.161 e. The molecule has 2 atom stereocenters. The second kappa shape index (κ2) is 9.67.